The van der Waals surface area contributed by atoms with Crippen LogP contribution in [0.4, 0.5) is 8.78 Å². The van der Waals surface area contributed by atoms with E-state index in [-0.39, 0.29) is 5.56 Å². The Labute approximate surface area is 68.0 Å². The molecule has 0 saturated carbocycles. The topological polar surface area (TPSA) is 34.9 Å². The van der Waals surface area contributed by atoms with Gasteiger partial charge in [0.1, 0.15) is 0 Å². The van der Waals surface area contributed by atoms with E-state index in [0.29, 0.717) is 5.69 Å². The summed E-state index contributed by atoms with van der Waals surface area (Å²) in [6.45, 7) is 1.52. The van der Waals surface area contributed by atoms with Crippen LogP contribution in [0.5, 0.6) is 0 Å². The Kier molecular flexibility index (Phi) is 2.21. The van der Waals surface area contributed by atoms with Crippen LogP contribution >= 0.6 is 0 Å². The summed E-state index contributed by atoms with van der Waals surface area (Å²) in [6, 6.07) is 0. The number of carbonyl (C=O) groups is 1. The molecule has 1 aromatic heterocycles. The first kappa shape index (κ1) is 8.83. The Hall–Kier alpha value is -1.26. The van der Waals surface area contributed by atoms with Gasteiger partial charge in [0.05, 0.1) is 11.3 Å². The van der Waals surface area contributed by atoms with Gasteiger partial charge in [0.15, 0.2) is 0 Å². The molecule has 0 saturated heterocycles. The summed E-state index contributed by atoms with van der Waals surface area (Å²) < 4.78 is 25.2. The standard InChI is InChI=1S/C7H8F2N2O/c1-4-5(3-11(2)10-4)6(12)7(8)9/h3,7H,1-2H3. The first-order chi connectivity index (χ1) is 5.52. The van der Waals surface area contributed by atoms with Gasteiger partial charge in [-0.2, -0.15) is 5.10 Å². The van der Waals surface area contributed by atoms with E-state index in [2.05, 4.69) is 5.10 Å². The zero-order valence-electron chi connectivity index (χ0n) is 6.71. The van der Waals surface area contributed by atoms with Gasteiger partial charge in [-0.1, -0.05) is 0 Å². The van der Waals surface area contributed by atoms with Gasteiger partial charge in [-0.15, -0.1) is 0 Å². The maximum absolute atomic E-state index is 11.9. The second-order valence-corrected chi connectivity index (χ2v) is 2.47. The molecule has 0 fully saturated rings. The second-order valence-electron chi connectivity index (χ2n) is 2.47. The van der Waals surface area contributed by atoms with Crippen LogP contribution in [0.3, 0.4) is 0 Å². The van der Waals surface area contributed by atoms with Crippen molar-refractivity contribution in [3.8, 4) is 0 Å². The number of ketones is 1. The fourth-order valence-corrected chi connectivity index (χ4v) is 0.959. The fraction of sp³-hybridized carbons (Fsp3) is 0.429. The monoisotopic (exact) mass is 174 g/mol. The number of hydrogen-bond donors (Lipinski definition) is 0. The zero-order valence-corrected chi connectivity index (χ0v) is 6.71. The number of nitrogens with zero attached hydrogens (tertiary/aromatic N) is 2. The second kappa shape index (κ2) is 3.00. The molecule has 0 radical (unpaired) electrons. The van der Waals surface area contributed by atoms with Crippen molar-refractivity contribution < 1.29 is 13.6 Å². The highest BCUT2D eigenvalue weighted by atomic mass is 19.3. The van der Waals surface area contributed by atoms with Gasteiger partial charge >= 0.3 is 6.43 Å². The third-order valence-corrected chi connectivity index (χ3v) is 1.48. The minimum atomic E-state index is -2.95. The van der Waals surface area contributed by atoms with E-state index >= 15 is 0 Å². The van der Waals surface area contributed by atoms with Gasteiger partial charge in [-0.3, -0.25) is 9.48 Å². The molecule has 0 N–H and O–H groups in total. The van der Waals surface area contributed by atoms with Crippen molar-refractivity contribution in [3.63, 3.8) is 0 Å². The predicted molar refractivity (Wildman–Crippen MR) is 38.3 cm³/mol. The van der Waals surface area contributed by atoms with Crippen LogP contribution in [0.2, 0.25) is 0 Å². The van der Waals surface area contributed by atoms with Gasteiger partial charge in [-0.25, -0.2) is 8.78 Å². The normalized spacial score (nSPS) is 10.8. The lowest BCUT2D eigenvalue weighted by Crippen LogP contribution is -2.10. The largest absolute Gasteiger partial charge is 0.300 e. The van der Waals surface area contributed by atoms with E-state index in [1.165, 1.54) is 17.8 Å². The van der Waals surface area contributed by atoms with Crippen LogP contribution in [0, 0.1) is 6.92 Å². The van der Waals surface area contributed by atoms with Crippen molar-refractivity contribution in [2.24, 2.45) is 7.05 Å². The summed E-state index contributed by atoms with van der Waals surface area (Å²) in [6.07, 6.45) is -1.66. The van der Waals surface area contributed by atoms with Gasteiger partial charge in [0.2, 0.25) is 5.78 Å². The molecule has 12 heavy (non-hydrogen) atoms. The Morgan fingerprint density at radius 1 is 1.67 bits per heavy atom. The summed E-state index contributed by atoms with van der Waals surface area (Å²) >= 11 is 0. The van der Waals surface area contributed by atoms with Crippen molar-refractivity contribution in [1.29, 1.82) is 0 Å². The van der Waals surface area contributed by atoms with Crippen LogP contribution in [0.15, 0.2) is 6.20 Å². The van der Waals surface area contributed by atoms with Crippen LogP contribution in [-0.2, 0) is 7.05 Å². The molecule has 1 rings (SSSR count). The molecule has 0 aliphatic rings. The summed E-state index contributed by atoms with van der Waals surface area (Å²) in [5, 5.41) is 3.78. The number of hydrogen-bond acceptors (Lipinski definition) is 2. The highest BCUT2D eigenvalue weighted by molar-refractivity contribution is 5.99. The van der Waals surface area contributed by atoms with Crippen molar-refractivity contribution >= 4 is 5.78 Å². The lowest BCUT2D eigenvalue weighted by Gasteiger charge is -1.94. The first-order valence-electron chi connectivity index (χ1n) is 3.35. The Bertz CT molecular complexity index is 306. The number of aromatic nitrogens is 2. The van der Waals surface area contributed by atoms with E-state index in [9.17, 15) is 13.6 Å². The summed E-state index contributed by atoms with van der Waals surface area (Å²) in [5.41, 5.74) is 0.329. The van der Waals surface area contributed by atoms with Gasteiger partial charge in [-0.05, 0) is 6.92 Å². The van der Waals surface area contributed by atoms with E-state index in [1.54, 1.807) is 7.05 Å². The lowest BCUT2D eigenvalue weighted by molar-refractivity contribution is 0.0678. The molecule has 1 heterocycles. The molecule has 0 spiro atoms. The number of Topliss-reactive ketones (excluding diaryl/α,β-unsaturated/α-hetero) is 1. The Morgan fingerprint density at radius 2 is 2.25 bits per heavy atom. The zero-order chi connectivity index (χ0) is 9.30. The summed E-state index contributed by atoms with van der Waals surface area (Å²) in [5.74, 6) is -1.17. The molecule has 0 aliphatic heterocycles. The Balaban J connectivity index is 3.02. The van der Waals surface area contributed by atoms with E-state index in [0.717, 1.165) is 0 Å². The molecule has 1 aromatic rings. The summed E-state index contributed by atoms with van der Waals surface area (Å²) in [4.78, 5) is 10.8. The van der Waals surface area contributed by atoms with Crippen LogP contribution in [0.25, 0.3) is 0 Å². The van der Waals surface area contributed by atoms with Crippen molar-refractivity contribution in [3.05, 3.63) is 17.5 Å². The average Bonchev–Trinajstić information content (AvgIpc) is 2.28. The van der Waals surface area contributed by atoms with Crippen LogP contribution < -0.4 is 0 Å². The maximum Gasteiger partial charge on any atom is 0.300 e. The van der Waals surface area contributed by atoms with Crippen LogP contribution in [0.1, 0.15) is 16.1 Å². The smallest absolute Gasteiger partial charge is 0.288 e. The summed E-state index contributed by atoms with van der Waals surface area (Å²) in [7, 11) is 1.58. The molecule has 66 valence electrons. The third-order valence-electron chi connectivity index (χ3n) is 1.48. The number of rotatable bonds is 2. The molecule has 0 aromatic carbocycles. The SMILES string of the molecule is Cc1nn(C)cc1C(=O)C(F)F. The van der Waals surface area contributed by atoms with Crippen molar-refractivity contribution in [2.45, 2.75) is 13.3 Å². The van der Waals surface area contributed by atoms with Crippen LogP contribution in [-0.4, -0.2) is 22.0 Å². The molecule has 5 heteroatoms. The van der Waals surface area contributed by atoms with E-state index in [1.807, 2.05) is 0 Å². The number of halogens is 2. The first-order valence-corrected chi connectivity index (χ1v) is 3.35. The van der Waals surface area contributed by atoms with Crippen molar-refractivity contribution in [1.82, 2.24) is 9.78 Å². The number of alkyl halides is 2. The van der Waals surface area contributed by atoms with E-state index in [4.69, 9.17) is 0 Å². The lowest BCUT2D eigenvalue weighted by atomic mass is 10.2. The molecule has 0 bridgehead atoms. The van der Waals surface area contributed by atoms with Crippen molar-refractivity contribution in [2.75, 3.05) is 0 Å². The number of carbonyl (C=O) groups excluding carboxylic acids is 1. The van der Waals surface area contributed by atoms with Gasteiger partial charge < -0.3 is 0 Å². The minimum absolute atomic E-state index is 0.00694. The average molecular weight is 174 g/mol. The predicted octanol–water partition coefficient (Wildman–Crippen LogP) is 1.18. The molecule has 0 atom stereocenters. The molecular weight excluding hydrogens is 166 g/mol. The number of aryl methyl sites for hydroxylation is 2. The molecule has 3 nitrogen and oxygen atoms in total. The van der Waals surface area contributed by atoms with Gasteiger partial charge in [0.25, 0.3) is 0 Å². The quantitative estimate of drug-likeness (QED) is 0.631. The third kappa shape index (κ3) is 1.49. The maximum atomic E-state index is 11.9. The Morgan fingerprint density at radius 3 is 2.58 bits per heavy atom. The molecule has 0 aliphatic carbocycles. The minimum Gasteiger partial charge on any atom is -0.288 e. The molecule has 0 amide bonds. The highest BCUT2D eigenvalue weighted by Gasteiger charge is 2.21. The molecular formula is C7H8F2N2O. The molecule has 0 unspecified atom stereocenters. The highest BCUT2D eigenvalue weighted by Crippen LogP contribution is 2.10. The van der Waals surface area contributed by atoms with E-state index < -0.39 is 12.2 Å². The fourth-order valence-electron chi connectivity index (χ4n) is 0.959. The van der Waals surface area contributed by atoms with Gasteiger partial charge in [0, 0.05) is 13.2 Å².